The standard InChI is InChI=1S/C32H35Cl2N5O9/c1-15(2)27(39-30(46)23(37-17(4)40)12-18-8-10-19(41)11-9-18)31(47)36-16(3)29(45)38-22(13-25(42)43)28(44)32-35-14-24(48-32)26-20(33)6-5-7-21(26)34/h5-11,14-16,22-23,27,41H,12-13H2,1-4H3,(H,36,47)(H,37,40)(H,38,45)(H,39,46)(H,42,43). The van der Waals surface area contributed by atoms with Crippen LogP contribution in [-0.2, 0) is 30.4 Å². The second-order valence-electron chi connectivity index (χ2n) is 11.2. The number of hydrogen-bond donors (Lipinski definition) is 6. The summed E-state index contributed by atoms with van der Waals surface area (Å²) in [5.74, 6) is -6.07. The van der Waals surface area contributed by atoms with Crippen molar-refractivity contribution in [1.82, 2.24) is 26.3 Å². The molecule has 1 aromatic heterocycles. The summed E-state index contributed by atoms with van der Waals surface area (Å²) in [6.45, 7) is 5.86. The molecule has 4 unspecified atom stereocenters. The summed E-state index contributed by atoms with van der Waals surface area (Å²) in [7, 11) is 0. The Hall–Kier alpha value is -4.95. The third-order valence-electron chi connectivity index (χ3n) is 7.01. The van der Waals surface area contributed by atoms with E-state index in [0.29, 0.717) is 5.56 Å². The topological polar surface area (TPSA) is 217 Å². The van der Waals surface area contributed by atoms with E-state index in [2.05, 4.69) is 26.3 Å². The first-order valence-corrected chi connectivity index (χ1v) is 15.4. The van der Waals surface area contributed by atoms with Gasteiger partial charge in [0.25, 0.3) is 5.89 Å². The van der Waals surface area contributed by atoms with Crippen molar-refractivity contribution >= 4 is 58.6 Å². The molecule has 0 spiro atoms. The number of aromatic nitrogens is 1. The monoisotopic (exact) mass is 703 g/mol. The predicted octanol–water partition coefficient (Wildman–Crippen LogP) is 2.89. The molecule has 2 aromatic carbocycles. The van der Waals surface area contributed by atoms with Crippen molar-refractivity contribution < 1.29 is 43.4 Å². The Bertz CT molecular complexity index is 1660. The Labute approximate surface area is 285 Å². The average Bonchev–Trinajstić information content (AvgIpc) is 3.48. The summed E-state index contributed by atoms with van der Waals surface area (Å²) in [6, 6.07) is 5.61. The van der Waals surface area contributed by atoms with Crippen LogP contribution in [0.1, 0.15) is 50.4 Å². The lowest BCUT2D eigenvalue weighted by Gasteiger charge is -2.26. The number of carboxylic acid groups (broad SMARTS) is 1. The highest BCUT2D eigenvalue weighted by Gasteiger charge is 2.33. The molecule has 3 rings (SSSR count). The van der Waals surface area contributed by atoms with Gasteiger partial charge in [0.1, 0.15) is 29.9 Å². The Kier molecular flexibility index (Phi) is 13.1. The molecule has 0 aliphatic rings. The molecule has 0 radical (unpaired) electrons. The smallest absolute Gasteiger partial charge is 0.305 e. The number of oxazole rings is 1. The average molecular weight is 705 g/mol. The van der Waals surface area contributed by atoms with Crippen LogP contribution in [0.4, 0.5) is 0 Å². The number of nitrogens with one attached hydrogen (secondary N) is 4. The minimum atomic E-state index is -1.62. The van der Waals surface area contributed by atoms with Crippen molar-refractivity contribution in [2.24, 2.45) is 5.92 Å². The van der Waals surface area contributed by atoms with E-state index < -0.39 is 77.8 Å². The first-order chi connectivity index (χ1) is 22.6. The third kappa shape index (κ3) is 10.3. The Morgan fingerprint density at radius 1 is 0.833 bits per heavy atom. The highest BCUT2D eigenvalue weighted by atomic mass is 35.5. The SMILES string of the molecule is CC(=O)NC(Cc1ccc(O)cc1)C(=O)NC(C(=O)NC(C)C(=O)NC(CC(=O)O)C(=O)c1ncc(-c2c(Cl)cccc2Cl)o1)C(C)C. The van der Waals surface area contributed by atoms with E-state index in [1.165, 1.54) is 32.2 Å². The number of carboxylic acids is 1. The number of aromatic hydroxyl groups is 1. The summed E-state index contributed by atoms with van der Waals surface area (Å²) < 4.78 is 5.52. The largest absolute Gasteiger partial charge is 0.508 e. The molecule has 48 heavy (non-hydrogen) atoms. The molecule has 4 atom stereocenters. The first kappa shape index (κ1) is 37.5. The Morgan fingerprint density at radius 2 is 1.46 bits per heavy atom. The van der Waals surface area contributed by atoms with Crippen molar-refractivity contribution in [2.45, 2.75) is 64.7 Å². The van der Waals surface area contributed by atoms with E-state index in [1.54, 1.807) is 44.2 Å². The molecule has 256 valence electrons. The maximum absolute atomic E-state index is 13.3. The number of hydrogen-bond acceptors (Lipinski definition) is 9. The van der Waals surface area contributed by atoms with Crippen LogP contribution in [0, 0.1) is 5.92 Å². The van der Waals surface area contributed by atoms with Crippen LogP contribution in [0.25, 0.3) is 11.3 Å². The van der Waals surface area contributed by atoms with Crippen LogP contribution < -0.4 is 21.3 Å². The molecular weight excluding hydrogens is 669 g/mol. The third-order valence-corrected chi connectivity index (χ3v) is 7.64. The van der Waals surface area contributed by atoms with Crippen LogP contribution in [0.5, 0.6) is 5.75 Å². The van der Waals surface area contributed by atoms with Crippen molar-refractivity contribution in [2.75, 3.05) is 0 Å². The first-order valence-electron chi connectivity index (χ1n) is 14.7. The van der Waals surface area contributed by atoms with Gasteiger partial charge in [-0.3, -0.25) is 28.8 Å². The molecule has 0 bridgehead atoms. The van der Waals surface area contributed by atoms with Crippen molar-refractivity contribution in [3.05, 3.63) is 70.2 Å². The number of Topliss-reactive ketones (excluding diaryl/α,β-unsaturated/α-hetero) is 1. The molecule has 3 aromatic rings. The quantitative estimate of drug-likeness (QED) is 0.127. The van der Waals surface area contributed by atoms with Gasteiger partial charge in [0, 0.05) is 13.3 Å². The molecule has 4 amide bonds. The molecule has 0 saturated carbocycles. The maximum Gasteiger partial charge on any atom is 0.305 e. The van der Waals surface area contributed by atoms with E-state index in [0.717, 1.165) is 0 Å². The maximum atomic E-state index is 13.3. The van der Waals surface area contributed by atoms with Crippen LogP contribution >= 0.6 is 23.2 Å². The lowest BCUT2D eigenvalue weighted by Crippen LogP contribution is -2.58. The zero-order chi connectivity index (χ0) is 35.7. The fourth-order valence-corrected chi connectivity index (χ4v) is 5.13. The van der Waals surface area contributed by atoms with Crippen LogP contribution in [0.3, 0.4) is 0 Å². The second-order valence-corrected chi connectivity index (χ2v) is 12.0. The lowest BCUT2D eigenvalue weighted by molar-refractivity contribution is -0.138. The zero-order valence-electron chi connectivity index (χ0n) is 26.4. The number of nitrogens with zero attached hydrogens (tertiary/aromatic N) is 1. The van der Waals surface area contributed by atoms with Gasteiger partial charge in [-0.1, -0.05) is 55.2 Å². The van der Waals surface area contributed by atoms with Crippen molar-refractivity contribution in [3.63, 3.8) is 0 Å². The molecule has 0 fully saturated rings. The molecule has 0 aliphatic carbocycles. The van der Waals surface area contributed by atoms with Gasteiger partial charge in [0.2, 0.25) is 29.4 Å². The van der Waals surface area contributed by atoms with Gasteiger partial charge in [0.15, 0.2) is 5.76 Å². The number of carbonyl (C=O) groups excluding carboxylic acids is 5. The van der Waals surface area contributed by atoms with Crippen molar-refractivity contribution in [1.29, 1.82) is 0 Å². The van der Waals surface area contributed by atoms with Gasteiger partial charge in [0.05, 0.1) is 28.2 Å². The van der Waals surface area contributed by atoms with E-state index in [1.807, 2.05) is 0 Å². The molecule has 0 aliphatic heterocycles. The van der Waals surface area contributed by atoms with Crippen molar-refractivity contribution in [3.8, 4) is 17.1 Å². The zero-order valence-corrected chi connectivity index (χ0v) is 27.9. The fourth-order valence-electron chi connectivity index (χ4n) is 4.55. The van der Waals surface area contributed by atoms with Gasteiger partial charge in [-0.05, 0) is 42.7 Å². The van der Waals surface area contributed by atoms with Gasteiger partial charge in [-0.25, -0.2) is 4.98 Å². The van der Waals surface area contributed by atoms with Gasteiger partial charge in [-0.2, -0.15) is 0 Å². The van der Waals surface area contributed by atoms with Gasteiger partial charge in [-0.15, -0.1) is 0 Å². The molecular formula is C32H35Cl2N5O9. The fraction of sp³-hybridized carbons (Fsp3) is 0.344. The summed E-state index contributed by atoms with van der Waals surface area (Å²) in [5, 5.41) is 29.3. The summed E-state index contributed by atoms with van der Waals surface area (Å²) in [4.78, 5) is 80.1. The van der Waals surface area contributed by atoms with Gasteiger partial charge >= 0.3 is 5.97 Å². The number of ketones is 1. The van der Waals surface area contributed by atoms with Crippen LogP contribution in [-0.4, -0.2) is 74.7 Å². The predicted molar refractivity (Wildman–Crippen MR) is 174 cm³/mol. The van der Waals surface area contributed by atoms with E-state index in [4.69, 9.17) is 27.6 Å². The van der Waals surface area contributed by atoms with E-state index >= 15 is 0 Å². The summed E-state index contributed by atoms with van der Waals surface area (Å²) in [5.41, 5.74) is 0.898. The highest BCUT2D eigenvalue weighted by Crippen LogP contribution is 2.35. The Morgan fingerprint density at radius 3 is 2.02 bits per heavy atom. The minimum absolute atomic E-state index is 0.0261. The molecule has 16 heteroatoms. The number of halogens is 2. The van der Waals surface area contributed by atoms with E-state index in [-0.39, 0.29) is 33.5 Å². The van der Waals surface area contributed by atoms with Crippen LogP contribution in [0.2, 0.25) is 10.0 Å². The molecule has 0 saturated heterocycles. The highest BCUT2D eigenvalue weighted by molar-refractivity contribution is 6.39. The molecule has 14 nitrogen and oxygen atoms in total. The number of carbonyl (C=O) groups is 6. The number of rotatable bonds is 15. The van der Waals surface area contributed by atoms with Gasteiger partial charge < -0.3 is 35.9 Å². The van der Waals surface area contributed by atoms with E-state index in [9.17, 15) is 39.0 Å². The second kappa shape index (κ2) is 16.7. The van der Waals surface area contributed by atoms with Crippen LogP contribution in [0.15, 0.2) is 53.1 Å². The summed E-state index contributed by atoms with van der Waals surface area (Å²) >= 11 is 12.4. The normalized spacial score (nSPS) is 13.5. The number of phenols is 1. The number of amides is 4. The number of benzene rings is 2. The summed E-state index contributed by atoms with van der Waals surface area (Å²) in [6.07, 6.45) is 0.420. The lowest BCUT2D eigenvalue weighted by atomic mass is 10.0. The minimum Gasteiger partial charge on any atom is -0.508 e. The molecule has 1 heterocycles. The molecule has 6 N–H and O–H groups in total. The Balaban J connectivity index is 1.70. The number of phenolic OH excluding ortho intramolecular Hbond substituents is 1. The number of aliphatic carboxylic acids is 1.